The van der Waals surface area contributed by atoms with E-state index in [-0.39, 0.29) is 24.3 Å². The third-order valence-corrected chi connectivity index (χ3v) is 5.20. The lowest BCUT2D eigenvalue weighted by Crippen LogP contribution is -2.53. The molecular weight excluding hydrogens is 394 g/mol. The van der Waals surface area contributed by atoms with Gasteiger partial charge in [0.15, 0.2) is 0 Å². The fourth-order valence-electron chi connectivity index (χ4n) is 3.13. The molecule has 0 bridgehead atoms. The van der Waals surface area contributed by atoms with Gasteiger partial charge in [-0.15, -0.1) is 0 Å². The zero-order valence-corrected chi connectivity index (χ0v) is 18.4. The number of hydrogen-bond acceptors (Lipinski definition) is 3. The molecule has 0 spiro atoms. The second kappa shape index (κ2) is 10.6. The summed E-state index contributed by atoms with van der Waals surface area (Å²) in [5, 5.41) is 17.7. The Morgan fingerprint density at radius 1 is 0.935 bits per heavy atom. The van der Waals surface area contributed by atoms with E-state index < -0.39 is 17.4 Å². The summed E-state index contributed by atoms with van der Waals surface area (Å²) in [7, 11) is 0. The van der Waals surface area contributed by atoms with E-state index in [1.807, 2.05) is 32.0 Å². The van der Waals surface area contributed by atoms with Crippen LogP contribution in [0.2, 0.25) is 0 Å². The monoisotopic (exact) mass is 425 g/mol. The number of hydrogen-bond donors (Lipinski definition) is 4. The first-order chi connectivity index (χ1) is 14.6. The Bertz CT molecular complexity index is 897. The van der Waals surface area contributed by atoms with E-state index >= 15 is 0 Å². The number of urea groups is 1. The molecule has 0 aliphatic rings. The van der Waals surface area contributed by atoms with Crippen molar-refractivity contribution in [1.29, 1.82) is 0 Å². The van der Waals surface area contributed by atoms with Crippen LogP contribution in [0.25, 0.3) is 0 Å². The van der Waals surface area contributed by atoms with E-state index in [2.05, 4.69) is 16.0 Å². The van der Waals surface area contributed by atoms with Crippen molar-refractivity contribution in [3.8, 4) is 0 Å². The lowest BCUT2D eigenvalue weighted by molar-refractivity contribution is -0.147. The molecule has 3 amide bonds. The molecule has 7 heteroatoms. The third kappa shape index (κ3) is 6.84. The maximum absolute atomic E-state index is 13.0. The van der Waals surface area contributed by atoms with Crippen molar-refractivity contribution < 1.29 is 19.5 Å². The molecule has 7 nitrogen and oxygen atoms in total. The predicted molar refractivity (Wildman–Crippen MR) is 122 cm³/mol. The van der Waals surface area contributed by atoms with Gasteiger partial charge in [0.05, 0.1) is 5.92 Å². The first kappa shape index (κ1) is 23.9. The fourth-order valence-corrected chi connectivity index (χ4v) is 3.13. The van der Waals surface area contributed by atoms with Crippen molar-refractivity contribution >= 4 is 29.3 Å². The van der Waals surface area contributed by atoms with E-state index in [4.69, 9.17) is 0 Å². The number of anilines is 2. The maximum Gasteiger partial charge on any atom is 0.329 e. The smallest absolute Gasteiger partial charge is 0.329 e. The normalized spacial score (nSPS) is 13.7. The fraction of sp³-hybridized carbons (Fsp3) is 0.375. The Morgan fingerprint density at radius 2 is 1.48 bits per heavy atom. The standard InChI is InChI=1S/C24H31N3O4/c1-5-24(4,22(29)30)27-21(28)20(15-16(2)3)17-11-13-19(14-12-17)26-23(31)25-18-9-7-6-8-10-18/h6-14,16,20H,5,15H2,1-4H3,(H,27,28)(H,29,30)(H2,25,26,31). The maximum atomic E-state index is 13.0. The number of rotatable bonds is 9. The summed E-state index contributed by atoms with van der Waals surface area (Å²) in [5.41, 5.74) is 0.722. The number of carboxylic acids is 1. The summed E-state index contributed by atoms with van der Waals surface area (Å²) in [6.45, 7) is 7.27. The Kier molecular flexibility index (Phi) is 8.19. The lowest BCUT2D eigenvalue weighted by Gasteiger charge is -2.28. The minimum absolute atomic E-state index is 0.239. The molecular formula is C24H31N3O4. The average Bonchev–Trinajstić information content (AvgIpc) is 2.73. The Hall–Kier alpha value is -3.35. The highest BCUT2D eigenvalue weighted by atomic mass is 16.4. The van der Waals surface area contributed by atoms with Gasteiger partial charge < -0.3 is 21.1 Å². The highest BCUT2D eigenvalue weighted by Gasteiger charge is 2.35. The summed E-state index contributed by atoms with van der Waals surface area (Å²) in [5.74, 6) is -1.63. The van der Waals surface area contributed by atoms with Crippen molar-refractivity contribution in [2.75, 3.05) is 10.6 Å². The van der Waals surface area contributed by atoms with Crippen LogP contribution < -0.4 is 16.0 Å². The van der Waals surface area contributed by atoms with Crippen LogP contribution >= 0.6 is 0 Å². The van der Waals surface area contributed by atoms with Gasteiger partial charge in [-0.25, -0.2) is 9.59 Å². The molecule has 31 heavy (non-hydrogen) atoms. The third-order valence-electron chi connectivity index (χ3n) is 5.20. The first-order valence-corrected chi connectivity index (χ1v) is 10.4. The largest absolute Gasteiger partial charge is 0.480 e. The van der Waals surface area contributed by atoms with Gasteiger partial charge in [-0.05, 0) is 55.5 Å². The van der Waals surface area contributed by atoms with E-state index in [0.29, 0.717) is 17.8 Å². The van der Waals surface area contributed by atoms with Crippen LogP contribution in [0.1, 0.15) is 52.0 Å². The number of carboxylic acid groups (broad SMARTS) is 1. The van der Waals surface area contributed by atoms with E-state index in [9.17, 15) is 19.5 Å². The lowest BCUT2D eigenvalue weighted by atomic mass is 9.88. The van der Waals surface area contributed by atoms with Crippen LogP contribution in [0, 0.1) is 5.92 Å². The number of carbonyl (C=O) groups excluding carboxylic acids is 2. The van der Waals surface area contributed by atoms with Crippen LogP contribution in [0.3, 0.4) is 0 Å². The van der Waals surface area contributed by atoms with Crippen LogP contribution in [0.5, 0.6) is 0 Å². The van der Waals surface area contributed by atoms with Crippen molar-refractivity contribution in [3.05, 3.63) is 60.2 Å². The highest BCUT2D eigenvalue weighted by Crippen LogP contribution is 2.27. The van der Waals surface area contributed by atoms with Gasteiger partial charge in [-0.2, -0.15) is 0 Å². The van der Waals surface area contributed by atoms with Gasteiger partial charge in [0, 0.05) is 11.4 Å². The SMILES string of the molecule is CCC(C)(NC(=O)C(CC(C)C)c1ccc(NC(=O)Nc2ccccc2)cc1)C(=O)O. The predicted octanol–water partition coefficient (Wildman–Crippen LogP) is 4.83. The Morgan fingerprint density at radius 3 is 1.97 bits per heavy atom. The van der Waals surface area contributed by atoms with E-state index in [0.717, 1.165) is 5.56 Å². The van der Waals surface area contributed by atoms with Crippen molar-refractivity contribution in [2.24, 2.45) is 5.92 Å². The van der Waals surface area contributed by atoms with Crippen LogP contribution in [0.15, 0.2) is 54.6 Å². The van der Waals surface area contributed by atoms with Gasteiger partial charge in [-0.1, -0.05) is 51.1 Å². The molecule has 0 radical (unpaired) electrons. The number of nitrogens with one attached hydrogen (secondary N) is 3. The molecule has 2 aromatic carbocycles. The zero-order valence-electron chi connectivity index (χ0n) is 18.4. The van der Waals surface area contributed by atoms with Gasteiger partial charge in [-0.3, -0.25) is 4.79 Å². The molecule has 4 N–H and O–H groups in total. The molecule has 0 heterocycles. The van der Waals surface area contributed by atoms with Gasteiger partial charge >= 0.3 is 12.0 Å². The molecule has 2 atom stereocenters. The molecule has 2 unspecified atom stereocenters. The zero-order chi connectivity index (χ0) is 23.0. The summed E-state index contributed by atoms with van der Waals surface area (Å²) in [6, 6.07) is 15.8. The molecule has 2 aromatic rings. The van der Waals surface area contributed by atoms with Crippen molar-refractivity contribution in [2.45, 2.75) is 52.0 Å². The topological polar surface area (TPSA) is 108 Å². The van der Waals surface area contributed by atoms with Gasteiger partial charge in [0.2, 0.25) is 5.91 Å². The van der Waals surface area contributed by atoms with Crippen LogP contribution in [-0.2, 0) is 9.59 Å². The molecule has 0 saturated carbocycles. The van der Waals surface area contributed by atoms with Gasteiger partial charge in [0.25, 0.3) is 0 Å². The summed E-state index contributed by atoms with van der Waals surface area (Å²) in [4.78, 5) is 36.7. The number of para-hydroxylation sites is 1. The second-order valence-corrected chi connectivity index (χ2v) is 8.23. The van der Waals surface area contributed by atoms with Gasteiger partial charge in [0.1, 0.15) is 5.54 Å². The Labute approximate surface area is 183 Å². The Balaban J connectivity index is 2.12. The minimum atomic E-state index is -1.32. The van der Waals surface area contributed by atoms with E-state index in [1.165, 1.54) is 6.92 Å². The summed E-state index contributed by atoms with van der Waals surface area (Å²) >= 11 is 0. The minimum Gasteiger partial charge on any atom is -0.480 e. The summed E-state index contributed by atoms with van der Waals surface area (Å²) in [6.07, 6.45) is 0.856. The highest BCUT2D eigenvalue weighted by molar-refractivity contribution is 5.99. The van der Waals surface area contributed by atoms with Crippen LogP contribution in [-0.4, -0.2) is 28.6 Å². The quantitative estimate of drug-likeness (QED) is 0.461. The molecule has 0 fully saturated rings. The first-order valence-electron chi connectivity index (χ1n) is 10.4. The van der Waals surface area contributed by atoms with E-state index in [1.54, 1.807) is 43.3 Å². The number of carbonyl (C=O) groups is 3. The molecule has 0 aliphatic carbocycles. The van der Waals surface area contributed by atoms with Crippen molar-refractivity contribution in [3.63, 3.8) is 0 Å². The average molecular weight is 426 g/mol. The molecule has 0 saturated heterocycles. The summed E-state index contributed by atoms with van der Waals surface area (Å²) < 4.78 is 0. The van der Waals surface area contributed by atoms with Crippen LogP contribution in [0.4, 0.5) is 16.2 Å². The molecule has 0 aromatic heterocycles. The number of amides is 3. The van der Waals surface area contributed by atoms with Crippen molar-refractivity contribution in [1.82, 2.24) is 5.32 Å². The number of benzene rings is 2. The number of aliphatic carboxylic acids is 1. The molecule has 0 aliphatic heterocycles. The molecule has 166 valence electrons. The second-order valence-electron chi connectivity index (χ2n) is 8.23. The molecule has 2 rings (SSSR count).